The molecule has 0 unspecified atom stereocenters. The van der Waals surface area contributed by atoms with Crippen molar-refractivity contribution in [3.8, 4) is 0 Å². The molecule has 0 spiro atoms. The van der Waals surface area contributed by atoms with Gasteiger partial charge in [-0.15, -0.1) is 0 Å². The highest BCUT2D eigenvalue weighted by Gasteiger charge is 2.26. The summed E-state index contributed by atoms with van der Waals surface area (Å²) in [4.78, 5) is 0. The van der Waals surface area contributed by atoms with Crippen LogP contribution in [-0.2, 0) is 0 Å². The van der Waals surface area contributed by atoms with E-state index in [1.807, 2.05) is 0 Å². The molecule has 210 valence electrons. The maximum Gasteiger partial charge on any atom is -0.0104 e. The molecule has 2 aliphatic rings. The van der Waals surface area contributed by atoms with Crippen LogP contribution in [-0.4, -0.2) is 0 Å². The Bertz CT molecular complexity index is 1170. The van der Waals surface area contributed by atoms with Crippen molar-refractivity contribution in [1.29, 1.82) is 0 Å². The van der Waals surface area contributed by atoms with E-state index in [1.165, 1.54) is 72.0 Å². The Hall–Kier alpha value is -2.86. The van der Waals surface area contributed by atoms with Crippen LogP contribution in [0.3, 0.4) is 0 Å². The molecule has 0 aromatic carbocycles. The van der Waals surface area contributed by atoms with Crippen molar-refractivity contribution in [3.05, 3.63) is 130 Å². The van der Waals surface area contributed by atoms with Crippen LogP contribution in [0.15, 0.2) is 130 Å². The average molecular weight is 523 g/mol. The summed E-state index contributed by atoms with van der Waals surface area (Å²) in [5.41, 5.74) is 11.5. The van der Waals surface area contributed by atoms with Crippen LogP contribution in [0.1, 0.15) is 101 Å². The first-order chi connectivity index (χ1) is 18.5. The van der Waals surface area contributed by atoms with Crippen molar-refractivity contribution in [2.75, 3.05) is 0 Å². The molecule has 2 aliphatic carbocycles. The van der Waals surface area contributed by atoms with Crippen molar-refractivity contribution in [3.63, 3.8) is 0 Å². The molecule has 39 heavy (non-hydrogen) atoms. The number of hydrogen-bond donors (Lipinski definition) is 0. The van der Waals surface area contributed by atoms with Crippen LogP contribution in [0.4, 0.5) is 0 Å². The summed E-state index contributed by atoms with van der Waals surface area (Å²) in [7, 11) is 0. The third-order valence-corrected chi connectivity index (χ3v) is 8.06. The predicted molar refractivity (Wildman–Crippen MR) is 177 cm³/mol. The van der Waals surface area contributed by atoms with Gasteiger partial charge in [0.05, 0.1) is 0 Å². The number of allylic oxidation sites excluding steroid dienone is 22. The zero-order chi connectivity index (χ0) is 28.8. The molecular formula is C39H54. The van der Waals surface area contributed by atoms with Gasteiger partial charge in [0.1, 0.15) is 0 Å². The Morgan fingerprint density at radius 3 is 1.67 bits per heavy atom. The lowest BCUT2D eigenvalue weighted by Gasteiger charge is -2.32. The summed E-state index contributed by atoms with van der Waals surface area (Å²) in [5, 5.41) is 0. The van der Waals surface area contributed by atoms with Gasteiger partial charge in [-0.3, -0.25) is 0 Å². The second-order valence-electron chi connectivity index (χ2n) is 12.4. The van der Waals surface area contributed by atoms with Crippen LogP contribution in [0.2, 0.25) is 0 Å². The second kappa shape index (κ2) is 16.3. The molecule has 0 saturated carbocycles. The standard InChI is InChI=1S/C39H54/c1-30(18-12-20-32(3)25-27-37-34(5)22-14-23-35(37)6)16-10-11-17-31(2)19-13-21-33(4)26-28-38-36(7)24-15-29-39(38,8)9/h10-13,16-21,25-28,34H,14-15,22-24,29H2,1-9H3/b11-10-,18-12-,19-13+,27-25+,28-26+,30-16+,31-17+,32-20+,33-21+/t34-/m0/s1. The molecule has 0 bridgehead atoms. The summed E-state index contributed by atoms with van der Waals surface area (Å²) in [6.07, 6.45) is 38.4. The highest BCUT2D eigenvalue weighted by atomic mass is 14.3. The molecule has 1 atom stereocenters. The molecule has 0 aliphatic heterocycles. The Morgan fingerprint density at radius 1 is 0.641 bits per heavy atom. The SMILES string of the molecule is CC1=C(/C=C/C(C)=C/C=C\C(C)=C\C=C/C=C(C)/C=C/C=C(C)/C=C/C2=C(C)CCCC2(C)C)[C@@H](C)CCC1. The van der Waals surface area contributed by atoms with Gasteiger partial charge in [-0.05, 0) is 103 Å². The van der Waals surface area contributed by atoms with Crippen LogP contribution in [0.5, 0.6) is 0 Å². The van der Waals surface area contributed by atoms with Crippen LogP contribution < -0.4 is 0 Å². The van der Waals surface area contributed by atoms with Crippen LogP contribution in [0.25, 0.3) is 0 Å². The molecule has 0 nitrogen and oxygen atoms in total. The molecule has 0 saturated heterocycles. The van der Waals surface area contributed by atoms with Crippen LogP contribution >= 0.6 is 0 Å². The minimum absolute atomic E-state index is 0.292. The lowest BCUT2D eigenvalue weighted by Crippen LogP contribution is -2.19. The normalized spacial score (nSPS) is 22.7. The van der Waals surface area contributed by atoms with Crippen molar-refractivity contribution in [1.82, 2.24) is 0 Å². The number of rotatable bonds is 10. The summed E-state index contributed by atoms with van der Waals surface area (Å²) < 4.78 is 0. The maximum absolute atomic E-state index is 2.37. The molecule has 0 heteroatoms. The Kier molecular flexibility index (Phi) is 13.5. The van der Waals surface area contributed by atoms with Gasteiger partial charge in [0.25, 0.3) is 0 Å². The minimum atomic E-state index is 0.292. The van der Waals surface area contributed by atoms with E-state index < -0.39 is 0 Å². The summed E-state index contributed by atoms with van der Waals surface area (Å²) in [6.45, 7) is 20.3. The maximum atomic E-state index is 2.37. The van der Waals surface area contributed by atoms with E-state index in [0.717, 1.165) is 0 Å². The van der Waals surface area contributed by atoms with Gasteiger partial charge in [-0.1, -0.05) is 139 Å². The Morgan fingerprint density at radius 2 is 1.13 bits per heavy atom. The summed E-state index contributed by atoms with van der Waals surface area (Å²) in [5.74, 6) is 0.687. The van der Waals surface area contributed by atoms with E-state index in [0.29, 0.717) is 11.3 Å². The molecule has 0 heterocycles. The van der Waals surface area contributed by atoms with Crippen molar-refractivity contribution in [2.24, 2.45) is 11.3 Å². The first kappa shape index (κ1) is 32.4. The molecule has 0 aromatic heterocycles. The molecule has 0 amide bonds. The summed E-state index contributed by atoms with van der Waals surface area (Å²) in [6, 6.07) is 0. The van der Waals surface area contributed by atoms with Crippen LogP contribution in [0, 0.1) is 11.3 Å². The van der Waals surface area contributed by atoms with Gasteiger partial charge >= 0.3 is 0 Å². The fraction of sp³-hybridized carbons (Fsp3) is 0.436. The Labute approximate surface area is 241 Å². The number of hydrogen-bond acceptors (Lipinski definition) is 0. The predicted octanol–water partition coefficient (Wildman–Crippen LogP) is 12.2. The largest absolute Gasteiger partial charge is 0.0698 e. The fourth-order valence-electron chi connectivity index (χ4n) is 5.49. The summed E-state index contributed by atoms with van der Waals surface area (Å²) >= 11 is 0. The minimum Gasteiger partial charge on any atom is -0.0698 e. The first-order valence-corrected chi connectivity index (χ1v) is 15.0. The van der Waals surface area contributed by atoms with E-state index in [4.69, 9.17) is 0 Å². The highest BCUT2D eigenvalue weighted by molar-refractivity contribution is 5.38. The monoisotopic (exact) mass is 522 g/mol. The fourth-order valence-corrected chi connectivity index (χ4v) is 5.49. The zero-order valence-electron chi connectivity index (χ0n) is 26.4. The Balaban J connectivity index is 1.87. The van der Waals surface area contributed by atoms with Gasteiger partial charge in [-0.25, -0.2) is 0 Å². The van der Waals surface area contributed by atoms with Gasteiger partial charge in [0.2, 0.25) is 0 Å². The third-order valence-electron chi connectivity index (χ3n) is 8.06. The topological polar surface area (TPSA) is 0 Å². The molecule has 2 rings (SSSR count). The van der Waals surface area contributed by atoms with E-state index in [9.17, 15) is 0 Å². The van der Waals surface area contributed by atoms with Crippen molar-refractivity contribution in [2.45, 2.75) is 101 Å². The van der Waals surface area contributed by atoms with E-state index in [1.54, 1.807) is 11.1 Å². The highest BCUT2D eigenvalue weighted by Crippen LogP contribution is 2.40. The lowest BCUT2D eigenvalue weighted by atomic mass is 9.72. The second-order valence-corrected chi connectivity index (χ2v) is 12.4. The lowest BCUT2D eigenvalue weighted by molar-refractivity contribution is 0.377. The first-order valence-electron chi connectivity index (χ1n) is 15.0. The molecular weight excluding hydrogens is 468 g/mol. The smallest absolute Gasteiger partial charge is 0.0104 e. The molecule has 0 aromatic rings. The third kappa shape index (κ3) is 11.8. The molecule has 0 N–H and O–H groups in total. The quantitative estimate of drug-likeness (QED) is 0.250. The van der Waals surface area contributed by atoms with E-state index in [2.05, 4.69) is 147 Å². The molecule has 0 radical (unpaired) electrons. The van der Waals surface area contributed by atoms with Gasteiger partial charge < -0.3 is 0 Å². The zero-order valence-corrected chi connectivity index (χ0v) is 26.4. The average Bonchev–Trinajstić information content (AvgIpc) is 2.85. The van der Waals surface area contributed by atoms with E-state index >= 15 is 0 Å². The van der Waals surface area contributed by atoms with E-state index in [-0.39, 0.29) is 0 Å². The van der Waals surface area contributed by atoms with Gasteiger partial charge in [-0.2, -0.15) is 0 Å². The van der Waals surface area contributed by atoms with Gasteiger partial charge in [0, 0.05) is 0 Å². The molecule has 0 fully saturated rings. The van der Waals surface area contributed by atoms with Crippen molar-refractivity contribution < 1.29 is 0 Å². The van der Waals surface area contributed by atoms with Gasteiger partial charge in [0.15, 0.2) is 0 Å². The van der Waals surface area contributed by atoms with Crippen molar-refractivity contribution >= 4 is 0 Å².